The third kappa shape index (κ3) is 8.85. The number of rotatable bonds is 9. The zero-order chi connectivity index (χ0) is 14.3. The number of carboxylic acid groups (broad SMARTS) is 1. The van der Waals surface area contributed by atoms with Crippen LogP contribution in [0.5, 0.6) is 0 Å². The lowest BCUT2D eigenvalue weighted by atomic mass is 9.81. The van der Waals surface area contributed by atoms with Gasteiger partial charge < -0.3 is 26.2 Å². The standard InChI is InChI=1S/C12H25BN2O4.2ClH/c14-12(11(16)17,6-1-2-8-13(18)19)7-5-10-4-3-9-15-10;;/h10,15,18-19H,1-9,14H2,(H,16,17);2*1H/t10-,12?;;/m1../s1. The maximum atomic E-state index is 11.3. The van der Waals surface area contributed by atoms with E-state index in [0.717, 1.165) is 25.8 Å². The Morgan fingerprint density at radius 1 is 1.29 bits per heavy atom. The van der Waals surface area contributed by atoms with Crippen molar-refractivity contribution in [3.63, 3.8) is 0 Å². The van der Waals surface area contributed by atoms with Crippen LogP contribution < -0.4 is 11.1 Å². The van der Waals surface area contributed by atoms with E-state index >= 15 is 0 Å². The van der Waals surface area contributed by atoms with Crippen LogP contribution >= 0.6 is 24.8 Å². The summed E-state index contributed by atoms with van der Waals surface area (Å²) in [5.41, 5.74) is 4.79. The van der Waals surface area contributed by atoms with Crippen LogP contribution in [-0.2, 0) is 4.79 Å². The molecule has 1 saturated heterocycles. The Hall–Kier alpha value is -0.0451. The smallest absolute Gasteiger partial charge is 0.451 e. The number of unbranched alkanes of at least 4 members (excludes halogenated alkanes) is 1. The second-order valence-corrected chi connectivity index (χ2v) is 5.52. The van der Waals surface area contributed by atoms with Gasteiger partial charge in [0.25, 0.3) is 0 Å². The predicted molar refractivity (Wildman–Crippen MR) is 88.2 cm³/mol. The molecule has 6 N–H and O–H groups in total. The molecule has 6 nitrogen and oxygen atoms in total. The first kappa shape index (κ1) is 23.2. The van der Waals surface area contributed by atoms with Crippen molar-refractivity contribution in [3.8, 4) is 0 Å². The summed E-state index contributed by atoms with van der Waals surface area (Å²) in [5, 5.41) is 30.1. The Balaban J connectivity index is 0. The van der Waals surface area contributed by atoms with Crippen molar-refractivity contribution in [3.05, 3.63) is 0 Å². The van der Waals surface area contributed by atoms with Crippen LogP contribution in [0.1, 0.15) is 44.9 Å². The molecule has 0 spiro atoms. The quantitative estimate of drug-likeness (QED) is 0.312. The van der Waals surface area contributed by atoms with Crippen molar-refractivity contribution in [2.75, 3.05) is 6.54 Å². The minimum Gasteiger partial charge on any atom is -0.480 e. The lowest BCUT2D eigenvalue weighted by Gasteiger charge is -2.26. The molecule has 0 saturated carbocycles. The van der Waals surface area contributed by atoms with Gasteiger partial charge in [-0.1, -0.05) is 12.8 Å². The van der Waals surface area contributed by atoms with Crippen molar-refractivity contribution >= 4 is 37.9 Å². The average molecular weight is 345 g/mol. The maximum Gasteiger partial charge on any atom is 0.451 e. The zero-order valence-corrected chi connectivity index (χ0v) is 13.8. The summed E-state index contributed by atoms with van der Waals surface area (Å²) in [4.78, 5) is 11.3. The van der Waals surface area contributed by atoms with Crippen LogP contribution in [0, 0.1) is 0 Å². The second-order valence-electron chi connectivity index (χ2n) is 5.52. The highest BCUT2D eigenvalue weighted by Crippen LogP contribution is 2.22. The molecule has 1 aliphatic rings. The molecule has 9 heteroatoms. The molecule has 1 fully saturated rings. The van der Waals surface area contributed by atoms with Crippen LogP contribution in [0.4, 0.5) is 0 Å². The summed E-state index contributed by atoms with van der Waals surface area (Å²) in [6.45, 7) is 1.00. The molecule has 21 heavy (non-hydrogen) atoms. The highest BCUT2D eigenvalue weighted by Gasteiger charge is 2.34. The Kier molecular flexibility index (Phi) is 12.7. The van der Waals surface area contributed by atoms with Gasteiger partial charge in [0.15, 0.2) is 0 Å². The van der Waals surface area contributed by atoms with E-state index in [1.54, 1.807) is 0 Å². The molecule has 1 rings (SSSR count). The summed E-state index contributed by atoms with van der Waals surface area (Å²) in [6, 6.07) is 0.390. The van der Waals surface area contributed by atoms with Gasteiger partial charge in [-0.15, -0.1) is 24.8 Å². The first-order valence-corrected chi connectivity index (χ1v) is 7.06. The van der Waals surface area contributed by atoms with Crippen LogP contribution in [-0.4, -0.2) is 46.4 Å². The van der Waals surface area contributed by atoms with Crippen molar-refractivity contribution < 1.29 is 19.9 Å². The molecular weight excluding hydrogens is 318 g/mol. The fraction of sp³-hybridized carbons (Fsp3) is 0.917. The second kappa shape index (κ2) is 11.5. The minimum atomic E-state index is -1.32. The molecule has 0 aliphatic carbocycles. The molecule has 0 aromatic carbocycles. The Bertz CT molecular complexity index is 294. The van der Waals surface area contributed by atoms with Crippen molar-refractivity contribution in [2.45, 2.75) is 62.8 Å². The summed E-state index contributed by atoms with van der Waals surface area (Å²) < 4.78 is 0. The van der Waals surface area contributed by atoms with Crippen LogP contribution in [0.3, 0.4) is 0 Å². The van der Waals surface area contributed by atoms with Crippen LogP contribution in [0.2, 0.25) is 6.32 Å². The number of carbonyl (C=O) groups is 1. The van der Waals surface area contributed by atoms with E-state index in [0.29, 0.717) is 31.7 Å². The third-order valence-electron chi connectivity index (χ3n) is 3.86. The Morgan fingerprint density at radius 2 is 1.95 bits per heavy atom. The number of aliphatic carboxylic acids is 1. The van der Waals surface area contributed by atoms with Crippen molar-refractivity contribution in [1.82, 2.24) is 5.32 Å². The fourth-order valence-electron chi connectivity index (χ4n) is 2.54. The average Bonchev–Trinajstić information content (AvgIpc) is 2.85. The van der Waals surface area contributed by atoms with Gasteiger partial charge in [-0.3, -0.25) is 4.79 Å². The lowest BCUT2D eigenvalue weighted by Crippen LogP contribution is -2.48. The van der Waals surface area contributed by atoms with Gasteiger partial charge in [-0.05, 0) is 45.0 Å². The lowest BCUT2D eigenvalue weighted by molar-refractivity contribution is -0.144. The molecule has 1 unspecified atom stereocenters. The first-order chi connectivity index (χ1) is 8.94. The third-order valence-corrected chi connectivity index (χ3v) is 3.86. The Morgan fingerprint density at radius 3 is 2.43 bits per heavy atom. The van der Waals surface area contributed by atoms with Gasteiger partial charge in [0.1, 0.15) is 5.54 Å². The van der Waals surface area contributed by atoms with Gasteiger partial charge in [0.2, 0.25) is 0 Å². The maximum absolute atomic E-state index is 11.3. The van der Waals surface area contributed by atoms with Crippen molar-refractivity contribution in [2.24, 2.45) is 5.73 Å². The highest BCUT2D eigenvalue weighted by molar-refractivity contribution is 6.40. The van der Waals surface area contributed by atoms with E-state index in [2.05, 4.69) is 5.32 Å². The van der Waals surface area contributed by atoms with E-state index < -0.39 is 18.6 Å². The number of nitrogens with one attached hydrogen (secondary N) is 1. The number of halogens is 2. The molecule has 1 heterocycles. The molecule has 126 valence electrons. The predicted octanol–water partition coefficient (Wildman–Crippen LogP) is 0.787. The fourth-order valence-corrected chi connectivity index (χ4v) is 2.54. The molecule has 0 aromatic heterocycles. The molecular formula is C12H27BCl2N2O4. The topological polar surface area (TPSA) is 116 Å². The summed E-state index contributed by atoms with van der Waals surface area (Å²) in [6.07, 6.45) is 5.29. The van der Waals surface area contributed by atoms with E-state index in [1.165, 1.54) is 0 Å². The van der Waals surface area contributed by atoms with Crippen molar-refractivity contribution in [1.29, 1.82) is 0 Å². The number of nitrogens with two attached hydrogens (primary N) is 1. The van der Waals surface area contributed by atoms with Gasteiger partial charge >= 0.3 is 13.1 Å². The Labute approximate surface area is 138 Å². The molecule has 2 atom stereocenters. The molecule has 0 amide bonds. The van der Waals surface area contributed by atoms with E-state index in [4.69, 9.17) is 15.8 Å². The summed E-state index contributed by atoms with van der Waals surface area (Å²) in [5.74, 6) is -0.963. The first-order valence-electron chi connectivity index (χ1n) is 7.06. The van der Waals surface area contributed by atoms with E-state index in [-0.39, 0.29) is 31.1 Å². The van der Waals surface area contributed by atoms with Gasteiger partial charge in [-0.25, -0.2) is 0 Å². The monoisotopic (exact) mass is 344 g/mol. The zero-order valence-electron chi connectivity index (χ0n) is 12.2. The van der Waals surface area contributed by atoms with E-state index in [1.807, 2.05) is 0 Å². The van der Waals surface area contributed by atoms with Crippen LogP contribution in [0.15, 0.2) is 0 Å². The number of hydrogen-bond donors (Lipinski definition) is 5. The van der Waals surface area contributed by atoms with Gasteiger partial charge in [-0.2, -0.15) is 0 Å². The SMILES string of the molecule is Cl.Cl.NC(CCCCB(O)O)(CC[C@H]1CCCN1)C(=O)O. The largest absolute Gasteiger partial charge is 0.480 e. The van der Waals surface area contributed by atoms with Gasteiger partial charge in [0.05, 0.1) is 0 Å². The molecule has 0 radical (unpaired) electrons. The van der Waals surface area contributed by atoms with E-state index in [9.17, 15) is 9.90 Å². The summed E-state index contributed by atoms with van der Waals surface area (Å²) in [7, 11) is -1.32. The molecule has 1 aliphatic heterocycles. The normalized spacial score (nSPS) is 20.0. The molecule has 0 aromatic rings. The van der Waals surface area contributed by atoms with Crippen LogP contribution in [0.25, 0.3) is 0 Å². The minimum absolute atomic E-state index is 0. The highest BCUT2D eigenvalue weighted by atomic mass is 35.5. The number of carboxylic acids is 1. The summed E-state index contributed by atoms with van der Waals surface area (Å²) >= 11 is 0. The number of hydrogen-bond acceptors (Lipinski definition) is 5. The van der Waals surface area contributed by atoms with Gasteiger partial charge in [0, 0.05) is 6.04 Å². The molecule has 0 bridgehead atoms.